The lowest BCUT2D eigenvalue weighted by Crippen LogP contribution is -1.84. The van der Waals surface area contributed by atoms with Gasteiger partial charge < -0.3 is 0 Å². The number of hydrogen-bond donors (Lipinski definition) is 0. The second-order valence-electron chi connectivity index (χ2n) is 7.96. The smallest absolute Gasteiger partial charge is 0.0714 e. The van der Waals surface area contributed by atoms with Crippen LogP contribution >= 0.6 is 15.9 Å². The minimum absolute atomic E-state index is 1.03. The lowest BCUT2D eigenvalue weighted by Gasteiger charge is -2.07. The van der Waals surface area contributed by atoms with Gasteiger partial charge in [-0.2, -0.15) is 0 Å². The van der Waals surface area contributed by atoms with Crippen molar-refractivity contribution < 1.29 is 0 Å². The van der Waals surface area contributed by atoms with Gasteiger partial charge in [0.05, 0.1) is 11.0 Å². The van der Waals surface area contributed by atoms with Crippen molar-refractivity contribution in [1.82, 2.24) is 9.97 Å². The van der Waals surface area contributed by atoms with Crippen molar-refractivity contribution in [2.45, 2.75) is 0 Å². The number of pyridine rings is 2. The molecule has 0 bridgehead atoms. The first-order valence-electron chi connectivity index (χ1n) is 10.9. The van der Waals surface area contributed by atoms with E-state index in [-0.39, 0.29) is 0 Å². The van der Waals surface area contributed by atoms with Gasteiger partial charge in [-0.1, -0.05) is 88.7 Å². The summed E-state index contributed by atoms with van der Waals surface area (Å²) in [5.74, 6) is 0. The van der Waals surface area contributed by atoms with Gasteiger partial charge in [0.25, 0.3) is 0 Å². The van der Waals surface area contributed by atoms with Crippen molar-refractivity contribution in [3.63, 3.8) is 0 Å². The molecule has 0 atom stereocenters. The van der Waals surface area contributed by atoms with Gasteiger partial charge in [0.1, 0.15) is 0 Å². The minimum Gasteiger partial charge on any atom is -0.256 e. The zero-order valence-corrected chi connectivity index (χ0v) is 19.3. The summed E-state index contributed by atoms with van der Waals surface area (Å²) in [5, 5.41) is 2.48. The number of nitrogens with zero attached hydrogens (tertiary/aromatic N) is 2. The third-order valence-corrected chi connectivity index (χ3v) is 6.78. The molecule has 0 unspecified atom stereocenters. The Balaban J connectivity index is 0.000000125. The Kier molecular flexibility index (Phi) is 4.97. The van der Waals surface area contributed by atoms with Gasteiger partial charge in [-0.05, 0) is 63.7 Å². The number of aromatic nitrogens is 2. The molecular weight excluding hydrogens is 468 g/mol. The summed E-state index contributed by atoms with van der Waals surface area (Å²) in [6, 6.07) is 35.5. The van der Waals surface area contributed by atoms with E-state index in [1.54, 1.807) is 0 Å². The van der Waals surface area contributed by atoms with Crippen LogP contribution in [0.1, 0.15) is 0 Å². The van der Waals surface area contributed by atoms with Crippen molar-refractivity contribution in [1.29, 1.82) is 0 Å². The Hall–Kier alpha value is -3.82. The zero-order chi connectivity index (χ0) is 22.2. The number of fused-ring (bicyclic) bond motifs is 4. The summed E-state index contributed by atoms with van der Waals surface area (Å²) in [6.45, 7) is 0. The normalized spacial score (nSPS) is 11.2. The van der Waals surface area contributed by atoms with Crippen LogP contribution in [0.3, 0.4) is 0 Å². The molecule has 3 heteroatoms. The first kappa shape index (κ1) is 19.8. The van der Waals surface area contributed by atoms with Crippen LogP contribution < -0.4 is 0 Å². The van der Waals surface area contributed by atoms with Crippen LogP contribution in [0, 0.1) is 0 Å². The van der Waals surface area contributed by atoms with Crippen molar-refractivity contribution in [3.05, 3.63) is 120 Å². The lowest BCUT2D eigenvalue weighted by atomic mass is 10.0. The van der Waals surface area contributed by atoms with E-state index >= 15 is 0 Å². The van der Waals surface area contributed by atoms with Crippen LogP contribution in [-0.4, -0.2) is 9.97 Å². The molecule has 7 rings (SSSR count). The fourth-order valence-corrected chi connectivity index (χ4v) is 5.12. The number of benzene rings is 4. The average molecular weight is 487 g/mol. The SMILES string of the molecule is Brc1ccccc1-c1ccnc2ccccc12.c1ccc2c(c1)-c1cccc3nccc-2c13. The highest BCUT2D eigenvalue weighted by Gasteiger charge is 2.20. The van der Waals surface area contributed by atoms with Crippen molar-refractivity contribution in [2.75, 3.05) is 0 Å². The molecule has 33 heavy (non-hydrogen) atoms. The molecular formula is C30H19BrN2. The molecule has 6 aromatic rings. The molecule has 0 amide bonds. The Morgan fingerprint density at radius 1 is 0.424 bits per heavy atom. The van der Waals surface area contributed by atoms with Crippen LogP contribution in [0.2, 0.25) is 0 Å². The van der Waals surface area contributed by atoms with Gasteiger partial charge in [0.15, 0.2) is 0 Å². The van der Waals surface area contributed by atoms with E-state index in [0.717, 1.165) is 15.5 Å². The number of hydrogen-bond acceptors (Lipinski definition) is 2. The molecule has 0 radical (unpaired) electrons. The van der Waals surface area contributed by atoms with Gasteiger partial charge in [-0.25, -0.2) is 0 Å². The topological polar surface area (TPSA) is 25.8 Å². The van der Waals surface area contributed by atoms with Gasteiger partial charge in [0, 0.05) is 27.6 Å². The van der Waals surface area contributed by atoms with Crippen LogP contribution in [-0.2, 0) is 0 Å². The second kappa shape index (κ2) is 8.27. The first-order chi connectivity index (χ1) is 16.3. The summed E-state index contributed by atoms with van der Waals surface area (Å²) >= 11 is 3.60. The van der Waals surface area contributed by atoms with E-state index in [9.17, 15) is 0 Å². The Labute approximate surface area is 200 Å². The van der Waals surface area contributed by atoms with E-state index in [4.69, 9.17) is 0 Å². The standard InChI is InChI=1S/C15H10BrN.C15H9N/c16-14-7-3-1-5-12(14)11-9-10-17-15-8-4-2-6-13(11)15;1-2-5-11-10(4-1)12-6-3-7-14-15(12)13(11)8-9-16-14/h1-10H;1-9H. The third-order valence-electron chi connectivity index (χ3n) is 6.09. The van der Waals surface area contributed by atoms with Crippen molar-refractivity contribution in [2.24, 2.45) is 0 Å². The van der Waals surface area contributed by atoms with Crippen molar-refractivity contribution in [3.8, 4) is 33.4 Å². The predicted octanol–water partition coefficient (Wildman–Crippen LogP) is 8.55. The summed E-state index contributed by atoms with van der Waals surface area (Å²) in [7, 11) is 0. The zero-order valence-electron chi connectivity index (χ0n) is 17.7. The molecule has 2 aromatic heterocycles. The number of para-hydroxylation sites is 1. The highest BCUT2D eigenvalue weighted by Crippen LogP contribution is 2.45. The summed E-state index contributed by atoms with van der Waals surface area (Å²) in [4.78, 5) is 8.81. The highest BCUT2D eigenvalue weighted by atomic mass is 79.9. The maximum atomic E-state index is 4.43. The Morgan fingerprint density at radius 3 is 1.76 bits per heavy atom. The van der Waals surface area contributed by atoms with Crippen LogP contribution in [0.5, 0.6) is 0 Å². The lowest BCUT2D eigenvalue weighted by molar-refractivity contribution is 1.41. The summed E-state index contributed by atoms with van der Waals surface area (Å²) < 4.78 is 1.11. The fourth-order valence-electron chi connectivity index (χ4n) is 4.62. The highest BCUT2D eigenvalue weighted by molar-refractivity contribution is 9.10. The van der Waals surface area contributed by atoms with Crippen LogP contribution in [0.15, 0.2) is 120 Å². The van der Waals surface area contributed by atoms with E-state index in [2.05, 4.69) is 105 Å². The van der Waals surface area contributed by atoms with E-state index < -0.39 is 0 Å². The third kappa shape index (κ3) is 3.42. The maximum Gasteiger partial charge on any atom is 0.0714 e. The quantitative estimate of drug-likeness (QED) is 0.232. The molecule has 0 aliphatic heterocycles. The second-order valence-corrected chi connectivity index (χ2v) is 8.81. The van der Waals surface area contributed by atoms with Crippen LogP contribution in [0.4, 0.5) is 0 Å². The van der Waals surface area contributed by atoms with Gasteiger partial charge >= 0.3 is 0 Å². The van der Waals surface area contributed by atoms with E-state index in [1.807, 2.05) is 36.7 Å². The molecule has 2 nitrogen and oxygen atoms in total. The van der Waals surface area contributed by atoms with E-state index in [0.29, 0.717) is 0 Å². The molecule has 156 valence electrons. The first-order valence-corrected chi connectivity index (χ1v) is 11.7. The van der Waals surface area contributed by atoms with Gasteiger partial charge in [-0.3, -0.25) is 9.97 Å². The van der Waals surface area contributed by atoms with Crippen molar-refractivity contribution >= 4 is 37.7 Å². The predicted molar refractivity (Wildman–Crippen MR) is 141 cm³/mol. The minimum atomic E-state index is 1.03. The van der Waals surface area contributed by atoms with Gasteiger partial charge in [-0.15, -0.1) is 0 Å². The largest absolute Gasteiger partial charge is 0.256 e. The molecule has 0 spiro atoms. The van der Waals surface area contributed by atoms with Crippen LogP contribution in [0.25, 0.3) is 55.2 Å². The molecule has 1 aliphatic rings. The molecule has 0 saturated carbocycles. The number of rotatable bonds is 1. The molecule has 0 fully saturated rings. The molecule has 0 saturated heterocycles. The molecule has 4 aromatic carbocycles. The molecule has 0 N–H and O–H groups in total. The van der Waals surface area contributed by atoms with E-state index in [1.165, 1.54) is 44.2 Å². The Morgan fingerprint density at radius 2 is 0.970 bits per heavy atom. The number of halogens is 1. The molecule has 1 aliphatic carbocycles. The summed E-state index contributed by atoms with van der Waals surface area (Å²) in [6.07, 6.45) is 3.75. The molecule has 2 heterocycles. The van der Waals surface area contributed by atoms with Gasteiger partial charge in [0.2, 0.25) is 0 Å². The summed E-state index contributed by atoms with van der Waals surface area (Å²) in [5.41, 5.74) is 9.82. The monoisotopic (exact) mass is 486 g/mol. The fraction of sp³-hybridized carbons (Fsp3) is 0. The Bertz CT molecular complexity index is 1580. The average Bonchev–Trinajstić information content (AvgIpc) is 3.21. The maximum absolute atomic E-state index is 4.43.